The topological polar surface area (TPSA) is 119 Å². The molecule has 0 bridgehead atoms. The summed E-state index contributed by atoms with van der Waals surface area (Å²) in [6.07, 6.45) is 1.28. The van der Waals surface area contributed by atoms with E-state index < -0.39 is 0 Å². The molecule has 0 radical (unpaired) electrons. The van der Waals surface area contributed by atoms with Crippen LogP contribution >= 0.6 is 0 Å². The van der Waals surface area contributed by atoms with E-state index in [-0.39, 0.29) is 17.3 Å². The number of nitrogens with one attached hydrogen (secondary N) is 1. The predicted octanol–water partition coefficient (Wildman–Crippen LogP) is 1.25. The number of nitrogens with zero attached hydrogens (tertiary/aromatic N) is 4. The summed E-state index contributed by atoms with van der Waals surface area (Å²) in [6, 6.07) is 5.64. The van der Waals surface area contributed by atoms with Gasteiger partial charge >= 0.3 is 0 Å². The summed E-state index contributed by atoms with van der Waals surface area (Å²) >= 11 is 0. The smallest absolute Gasteiger partial charge is 0.138 e. The maximum Gasteiger partial charge on any atom is 0.138 e. The number of aryl methyl sites for hydroxylation is 2. The van der Waals surface area contributed by atoms with Gasteiger partial charge in [-0.25, -0.2) is 9.97 Å². The third-order valence-electron chi connectivity index (χ3n) is 3.58. The number of nitrogen functional groups attached to an aromatic ring is 2. The lowest BCUT2D eigenvalue weighted by molar-refractivity contribution is 0.751. The van der Waals surface area contributed by atoms with Crippen LogP contribution in [0.25, 0.3) is 10.9 Å². The molecule has 21 heavy (non-hydrogen) atoms. The van der Waals surface area contributed by atoms with Crippen LogP contribution in [0.1, 0.15) is 16.8 Å². The molecular weight excluding hydrogens is 266 g/mol. The second-order valence-corrected chi connectivity index (χ2v) is 4.84. The molecule has 0 saturated heterocycles. The Hall–Kier alpha value is -2.96. The fourth-order valence-electron chi connectivity index (χ4n) is 2.30. The fourth-order valence-corrected chi connectivity index (χ4v) is 2.30. The molecule has 0 fully saturated rings. The van der Waals surface area contributed by atoms with Gasteiger partial charge in [-0.2, -0.15) is 5.10 Å². The molecule has 2 aromatic heterocycles. The molecule has 3 rings (SSSR count). The Balaban J connectivity index is 2.14. The zero-order valence-corrected chi connectivity index (χ0v) is 11.8. The highest BCUT2D eigenvalue weighted by atomic mass is 15.3. The van der Waals surface area contributed by atoms with Crippen molar-refractivity contribution in [1.29, 1.82) is 5.41 Å². The number of aromatic nitrogens is 4. The second-order valence-electron chi connectivity index (χ2n) is 4.84. The summed E-state index contributed by atoms with van der Waals surface area (Å²) in [5.74, 6) is 0.398. The van der Waals surface area contributed by atoms with Gasteiger partial charge in [-0.3, -0.25) is 10.1 Å². The van der Waals surface area contributed by atoms with Crippen LogP contribution < -0.4 is 11.5 Å². The number of nitrogens with two attached hydrogens (primary N) is 2. The molecule has 0 aliphatic heterocycles. The molecule has 0 atom stereocenters. The molecule has 7 heteroatoms. The van der Waals surface area contributed by atoms with E-state index in [9.17, 15) is 0 Å². The molecule has 0 amide bonds. The van der Waals surface area contributed by atoms with E-state index in [1.807, 2.05) is 36.9 Å². The first-order chi connectivity index (χ1) is 9.99. The third kappa shape index (κ3) is 1.99. The van der Waals surface area contributed by atoms with Crippen molar-refractivity contribution < 1.29 is 0 Å². The molecule has 2 heterocycles. The van der Waals surface area contributed by atoms with Crippen molar-refractivity contribution >= 4 is 28.3 Å². The Morgan fingerprint density at radius 2 is 1.86 bits per heavy atom. The monoisotopic (exact) mass is 281 g/mol. The zero-order chi connectivity index (χ0) is 15.1. The van der Waals surface area contributed by atoms with Gasteiger partial charge in [0.15, 0.2) is 0 Å². The molecule has 5 N–H and O–H groups in total. The molecule has 0 aliphatic carbocycles. The summed E-state index contributed by atoms with van der Waals surface area (Å²) in [4.78, 5) is 7.79. The van der Waals surface area contributed by atoms with Gasteiger partial charge in [-0.1, -0.05) is 12.1 Å². The van der Waals surface area contributed by atoms with E-state index >= 15 is 0 Å². The Kier molecular flexibility index (Phi) is 2.83. The lowest BCUT2D eigenvalue weighted by Gasteiger charge is -2.08. The van der Waals surface area contributed by atoms with Gasteiger partial charge in [0.2, 0.25) is 0 Å². The maximum atomic E-state index is 8.31. The first-order valence-electron chi connectivity index (χ1n) is 6.37. The van der Waals surface area contributed by atoms with Crippen LogP contribution in [0.3, 0.4) is 0 Å². The van der Waals surface area contributed by atoms with Crippen molar-refractivity contribution in [3.63, 3.8) is 0 Å². The minimum Gasteiger partial charge on any atom is -0.383 e. The van der Waals surface area contributed by atoms with Crippen LogP contribution in [0.4, 0.5) is 11.6 Å². The number of hydrogen-bond donors (Lipinski definition) is 3. The number of anilines is 2. The van der Waals surface area contributed by atoms with Gasteiger partial charge in [0.25, 0.3) is 0 Å². The average Bonchev–Trinajstić information content (AvgIpc) is 2.73. The van der Waals surface area contributed by atoms with E-state index in [0.29, 0.717) is 11.1 Å². The lowest BCUT2D eigenvalue weighted by Crippen LogP contribution is -2.11. The largest absolute Gasteiger partial charge is 0.383 e. The van der Waals surface area contributed by atoms with Crippen LogP contribution in [-0.4, -0.2) is 25.5 Å². The van der Waals surface area contributed by atoms with Crippen LogP contribution in [0.15, 0.2) is 24.5 Å². The Bertz CT molecular complexity index is 843. The highest BCUT2D eigenvalue weighted by molar-refractivity contribution is 6.16. The van der Waals surface area contributed by atoms with Crippen LogP contribution in [0.2, 0.25) is 0 Å². The highest BCUT2D eigenvalue weighted by Crippen LogP contribution is 2.23. The van der Waals surface area contributed by atoms with Crippen molar-refractivity contribution in [2.75, 3.05) is 11.5 Å². The van der Waals surface area contributed by atoms with E-state index in [0.717, 1.165) is 16.6 Å². The molecule has 0 saturated carbocycles. The summed E-state index contributed by atoms with van der Waals surface area (Å²) < 4.78 is 1.81. The fraction of sp³-hybridized carbons (Fsp3) is 0.143. The molecule has 0 aliphatic rings. The molecular formula is C14H15N7. The van der Waals surface area contributed by atoms with E-state index in [1.54, 1.807) is 0 Å². The Labute approximate surface area is 121 Å². The van der Waals surface area contributed by atoms with Gasteiger partial charge < -0.3 is 11.5 Å². The zero-order valence-electron chi connectivity index (χ0n) is 11.8. The summed E-state index contributed by atoms with van der Waals surface area (Å²) in [6.45, 7) is 2.00. The van der Waals surface area contributed by atoms with Crippen molar-refractivity contribution in [2.24, 2.45) is 7.05 Å². The van der Waals surface area contributed by atoms with Crippen molar-refractivity contribution in [3.8, 4) is 0 Å². The summed E-state index contributed by atoms with van der Waals surface area (Å²) in [5, 5.41) is 13.8. The first-order valence-corrected chi connectivity index (χ1v) is 6.37. The van der Waals surface area contributed by atoms with Gasteiger partial charge in [0.1, 0.15) is 18.0 Å². The van der Waals surface area contributed by atoms with E-state index in [1.165, 1.54) is 6.33 Å². The summed E-state index contributed by atoms with van der Waals surface area (Å²) in [7, 11) is 1.89. The van der Waals surface area contributed by atoms with Crippen LogP contribution in [0, 0.1) is 12.3 Å². The lowest BCUT2D eigenvalue weighted by atomic mass is 10.0. The van der Waals surface area contributed by atoms with Crippen LogP contribution in [0.5, 0.6) is 0 Å². The van der Waals surface area contributed by atoms with Crippen molar-refractivity contribution in [3.05, 3.63) is 41.3 Å². The molecule has 7 nitrogen and oxygen atoms in total. The molecule has 3 aromatic rings. The number of benzene rings is 1. The molecule has 0 spiro atoms. The normalized spacial score (nSPS) is 11.0. The number of rotatable bonds is 2. The predicted molar refractivity (Wildman–Crippen MR) is 82.2 cm³/mol. The second kappa shape index (κ2) is 4.55. The average molecular weight is 281 g/mol. The van der Waals surface area contributed by atoms with Gasteiger partial charge in [-0.05, 0) is 13.0 Å². The number of fused-ring (bicyclic) bond motifs is 1. The summed E-state index contributed by atoms with van der Waals surface area (Å²) in [5.41, 5.74) is 14.7. The quantitative estimate of drug-likeness (QED) is 0.611. The van der Waals surface area contributed by atoms with Gasteiger partial charge in [0.05, 0.1) is 16.8 Å². The number of hydrogen-bond acceptors (Lipinski definition) is 6. The minimum absolute atomic E-state index is 0.191. The Morgan fingerprint density at radius 1 is 1.19 bits per heavy atom. The standard InChI is InChI=1S/C14H15N7/c1-7-9-4-3-8(5-10(9)20-21(7)2)12(15)11-13(16)18-6-19-14(11)17/h3-6,15H,1-2H3,(H4,16,17,18,19). The molecule has 0 unspecified atom stereocenters. The SMILES string of the molecule is Cc1c2ccc(C(=N)c3c(N)ncnc3N)cc2nn1C. The highest BCUT2D eigenvalue weighted by Gasteiger charge is 2.15. The maximum absolute atomic E-state index is 8.31. The minimum atomic E-state index is 0.191. The van der Waals surface area contributed by atoms with Crippen molar-refractivity contribution in [1.82, 2.24) is 19.7 Å². The van der Waals surface area contributed by atoms with Gasteiger partial charge in [0, 0.05) is 23.7 Å². The van der Waals surface area contributed by atoms with Crippen LogP contribution in [-0.2, 0) is 7.05 Å². The Morgan fingerprint density at radius 3 is 2.52 bits per heavy atom. The molecule has 106 valence electrons. The van der Waals surface area contributed by atoms with E-state index in [2.05, 4.69) is 15.1 Å². The van der Waals surface area contributed by atoms with Gasteiger partial charge in [-0.15, -0.1) is 0 Å². The molecule has 1 aromatic carbocycles. The third-order valence-corrected chi connectivity index (χ3v) is 3.58. The van der Waals surface area contributed by atoms with Crippen molar-refractivity contribution in [2.45, 2.75) is 6.92 Å². The van der Waals surface area contributed by atoms with E-state index in [4.69, 9.17) is 16.9 Å². The first kappa shape index (κ1) is 13.0.